The second-order valence-electron chi connectivity index (χ2n) is 7.30. The molecule has 130 valence electrons. The van der Waals surface area contributed by atoms with Crippen LogP contribution in [-0.4, -0.2) is 45.7 Å². The Morgan fingerprint density at radius 2 is 1.41 bits per heavy atom. The standard InChI is InChI=1S/C17H34N2O2S/c1-22(20,21)18-12-13-19(14-16-8-4-2-5-9-16)15-17-10-6-3-7-11-17/h16-17H,1-15H2,(H2,18,20,21). The van der Waals surface area contributed by atoms with E-state index < -0.39 is 9.99 Å². The third-order valence-corrected chi connectivity index (χ3v) is 5.89. The minimum absolute atomic E-state index is 0.554. The summed E-state index contributed by atoms with van der Waals surface area (Å²) in [5, 5.41) is 0. The molecular formula is C17H34N2O2S. The molecular weight excluding hydrogens is 296 g/mol. The molecule has 0 spiro atoms. The van der Waals surface area contributed by atoms with Crippen molar-refractivity contribution in [3.63, 3.8) is 0 Å². The van der Waals surface area contributed by atoms with Crippen LogP contribution in [-0.2, 0) is 9.99 Å². The van der Waals surface area contributed by atoms with E-state index in [1.165, 1.54) is 77.3 Å². The zero-order valence-electron chi connectivity index (χ0n) is 14.0. The number of rotatable bonds is 8. The molecule has 0 aromatic carbocycles. The van der Waals surface area contributed by atoms with E-state index in [4.69, 9.17) is 0 Å². The van der Waals surface area contributed by atoms with Gasteiger partial charge in [0.15, 0.2) is 0 Å². The lowest BCUT2D eigenvalue weighted by atomic mass is 9.87. The molecule has 2 N–H and O–H groups in total. The van der Waals surface area contributed by atoms with Gasteiger partial charge in [-0.3, -0.25) is 0 Å². The van der Waals surface area contributed by atoms with Gasteiger partial charge in [0.1, 0.15) is 9.99 Å². The van der Waals surface area contributed by atoms with Gasteiger partial charge in [-0.15, -0.1) is 0 Å². The van der Waals surface area contributed by atoms with E-state index in [-0.39, 0.29) is 0 Å². The van der Waals surface area contributed by atoms with Gasteiger partial charge < -0.3 is 9.45 Å². The molecule has 0 bridgehead atoms. The van der Waals surface area contributed by atoms with Gasteiger partial charge in [-0.05, 0) is 43.4 Å². The Kier molecular flexibility index (Phi) is 7.68. The van der Waals surface area contributed by atoms with Gasteiger partial charge in [-0.1, -0.05) is 38.5 Å². The van der Waals surface area contributed by atoms with Gasteiger partial charge in [0, 0.05) is 26.2 Å². The first-order valence-corrected chi connectivity index (χ1v) is 10.8. The molecule has 1 atom stereocenters. The normalized spacial score (nSPS) is 24.5. The smallest absolute Gasteiger partial charge is 0.138 e. The molecule has 0 amide bonds. The maximum Gasteiger partial charge on any atom is 0.138 e. The SMILES string of the molecule is C=S(=O)(O)NCCN(CC1CCCCC1)CC1CCCCC1. The molecule has 4 nitrogen and oxygen atoms in total. The minimum atomic E-state index is -3.06. The second-order valence-corrected chi connectivity index (χ2v) is 8.87. The van der Waals surface area contributed by atoms with E-state index in [0.717, 1.165) is 18.4 Å². The summed E-state index contributed by atoms with van der Waals surface area (Å²) in [5.74, 6) is 4.91. The predicted octanol–water partition coefficient (Wildman–Crippen LogP) is 3.14. The number of hydrogen-bond donors (Lipinski definition) is 2. The van der Waals surface area contributed by atoms with Crippen LogP contribution in [0.2, 0.25) is 0 Å². The first-order valence-electron chi connectivity index (χ1n) is 9.09. The van der Waals surface area contributed by atoms with Crippen molar-refractivity contribution >= 4 is 15.9 Å². The van der Waals surface area contributed by atoms with Crippen molar-refractivity contribution in [3.8, 4) is 0 Å². The Hall–Kier alpha value is -0.100. The fraction of sp³-hybridized carbons (Fsp3) is 0.941. The molecule has 0 aromatic heterocycles. The van der Waals surface area contributed by atoms with E-state index in [0.29, 0.717) is 6.54 Å². The largest absolute Gasteiger partial charge is 0.303 e. The molecule has 5 heteroatoms. The van der Waals surface area contributed by atoms with Gasteiger partial charge in [-0.2, -0.15) is 0 Å². The van der Waals surface area contributed by atoms with Crippen molar-refractivity contribution in [2.45, 2.75) is 64.2 Å². The zero-order chi connectivity index (χ0) is 15.8. The summed E-state index contributed by atoms with van der Waals surface area (Å²) in [7, 11) is -3.06. The summed E-state index contributed by atoms with van der Waals surface area (Å²) in [6.45, 7) is 3.75. The summed E-state index contributed by atoms with van der Waals surface area (Å²) < 4.78 is 23.2. The number of nitrogens with one attached hydrogen (secondary N) is 1. The highest BCUT2D eigenvalue weighted by Crippen LogP contribution is 2.27. The van der Waals surface area contributed by atoms with E-state index in [9.17, 15) is 8.76 Å². The first kappa shape index (κ1) is 18.2. The fourth-order valence-electron chi connectivity index (χ4n) is 4.09. The molecule has 0 aliphatic heterocycles. The molecule has 2 aliphatic carbocycles. The van der Waals surface area contributed by atoms with E-state index in [1.807, 2.05) is 0 Å². The maximum absolute atomic E-state index is 11.3. The Morgan fingerprint density at radius 3 is 1.82 bits per heavy atom. The second kappa shape index (κ2) is 9.26. The third kappa shape index (κ3) is 7.44. The molecule has 2 fully saturated rings. The van der Waals surface area contributed by atoms with Gasteiger partial charge >= 0.3 is 0 Å². The van der Waals surface area contributed by atoms with Gasteiger partial charge in [0.05, 0.1) is 0 Å². The summed E-state index contributed by atoms with van der Waals surface area (Å²) in [5.41, 5.74) is 0. The summed E-state index contributed by atoms with van der Waals surface area (Å²) in [4.78, 5) is 2.55. The van der Waals surface area contributed by atoms with Gasteiger partial charge in [0.25, 0.3) is 0 Å². The summed E-state index contributed by atoms with van der Waals surface area (Å²) in [6, 6.07) is 0. The van der Waals surface area contributed by atoms with Crippen molar-refractivity contribution in [1.82, 2.24) is 9.62 Å². The lowest BCUT2D eigenvalue weighted by Crippen LogP contribution is -2.40. The van der Waals surface area contributed by atoms with Crippen LogP contribution < -0.4 is 4.72 Å². The molecule has 0 saturated heterocycles. The average Bonchev–Trinajstić information content (AvgIpc) is 2.48. The van der Waals surface area contributed by atoms with Crippen LogP contribution in [0.4, 0.5) is 0 Å². The molecule has 2 saturated carbocycles. The summed E-state index contributed by atoms with van der Waals surface area (Å²) >= 11 is 0. The Balaban J connectivity index is 1.81. The summed E-state index contributed by atoms with van der Waals surface area (Å²) in [6.07, 6.45) is 13.8. The molecule has 2 aliphatic rings. The Morgan fingerprint density at radius 1 is 0.955 bits per heavy atom. The number of hydrogen-bond acceptors (Lipinski definition) is 2. The van der Waals surface area contributed by atoms with Crippen LogP contribution in [0.3, 0.4) is 0 Å². The predicted molar refractivity (Wildman–Crippen MR) is 95.5 cm³/mol. The molecule has 0 heterocycles. The molecule has 0 radical (unpaired) electrons. The van der Waals surface area contributed by atoms with Gasteiger partial charge in [0.2, 0.25) is 0 Å². The quantitative estimate of drug-likeness (QED) is 0.672. The highest BCUT2D eigenvalue weighted by atomic mass is 32.2. The topological polar surface area (TPSA) is 52.6 Å². The van der Waals surface area contributed by atoms with Crippen LogP contribution in [0.15, 0.2) is 0 Å². The van der Waals surface area contributed by atoms with E-state index in [2.05, 4.69) is 15.5 Å². The highest BCUT2D eigenvalue weighted by Gasteiger charge is 2.21. The minimum Gasteiger partial charge on any atom is -0.303 e. The van der Waals surface area contributed by atoms with Crippen LogP contribution in [0.5, 0.6) is 0 Å². The van der Waals surface area contributed by atoms with Crippen LogP contribution in [0.25, 0.3) is 0 Å². The molecule has 0 aromatic rings. The molecule has 22 heavy (non-hydrogen) atoms. The average molecular weight is 331 g/mol. The van der Waals surface area contributed by atoms with E-state index in [1.54, 1.807) is 0 Å². The van der Waals surface area contributed by atoms with Crippen molar-refractivity contribution < 1.29 is 8.76 Å². The lowest BCUT2D eigenvalue weighted by molar-refractivity contribution is 0.162. The van der Waals surface area contributed by atoms with Crippen molar-refractivity contribution in [3.05, 3.63) is 0 Å². The molecule has 2 rings (SSSR count). The maximum atomic E-state index is 11.3. The zero-order valence-corrected chi connectivity index (χ0v) is 14.8. The third-order valence-electron chi connectivity index (χ3n) is 5.24. The van der Waals surface area contributed by atoms with Crippen LogP contribution in [0.1, 0.15) is 64.2 Å². The van der Waals surface area contributed by atoms with Gasteiger partial charge in [-0.25, -0.2) is 8.93 Å². The Bertz CT molecular complexity index is 379. The van der Waals surface area contributed by atoms with Crippen LogP contribution >= 0.6 is 0 Å². The van der Waals surface area contributed by atoms with Crippen LogP contribution in [0, 0.1) is 11.8 Å². The monoisotopic (exact) mass is 330 g/mol. The first-order chi connectivity index (χ1) is 10.5. The van der Waals surface area contributed by atoms with Crippen molar-refractivity contribution in [1.29, 1.82) is 0 Å². The molecule has 1 unspecified atom stereocenters. The number of nitrogens with zero attached hydrogens (tertiary/aromatic N) is 1. The van der Waals surface area contributed by atoms with Crippen molar-refractivity contribution in [2.75, 3.05) is 26.2 Å². The van der Waals surface area contributed by atoms with E-state index >= 15 is 0 Å². The lowest BCUT2D eigenvalue weighted by Gasteiger charge is -2.33. The van der Waals surface area contributed by atoms with Crippen molar-refractivity contribution in [2.24, 2.45) is 11.8 Å². The Labute approximate surface area is 137 Å². The fourth-order valence-corrected chi connectivity index (χ4v) is 4.50. The highest BCUT2D eigenvalue weighted by molar-refractivity contribution is 7.93.